The molecule has 1 aromatic heterocycles. The van der Waals surface area contributed by atoms with E-state index in [1.165, 1.54) is 21.0 Å². The van der Waals surface area contributed by atoms with Crippen LogP contribution >= 0.6 is 11.3 Å². The van der Waals surface area contributed by atoms with Gasteiger partial charge in [0.25, 0.3) is 0 Å². The van der Waals surface area contributed by atoms with Gasteiger partial charge in [0.2, 0.25) is 0 Å². The Morgan fingerprint density at radius 3 is 2.41 bits per heavy atom. The van der Waals surface area contributed by atoms with Crippen molar-refractivity contribution >= 4 is 23.0 Å². The number of aliphatic carboxylic acids is 1. The molecule has 0 aliphatic rings. The van der Waals surface area contributed by atoms with Crippen LogP contribution in [-0.4, -0.2) is 29.5 Å². The van der Waals surface area contributed by atoms with Crippen LogP contribution in [0.5, 0.6) is 5.75 Å². The van der Waals surface area contributed by atoms with Gasteiger partial charge in [-0.2, -0.15) is 0 Å². The molecule has 0 bridgehead atoms. The van der Waals surface area contributed by atoms with Crippen LogP contribution in [0.1, 0.15) is 24.3 Å². The Bertz CT molecular complexity index is 660. The lowest BCUT2D eigenvalue weighted by atomic mass is 10.1. The van der Waals surface area contributed by atoms with Gasteiger partial charge in [-0.25, -0.2) is 4.79 Å². The van der Waals surface area contributed by atoms with Crippen molar-refractivity contribution in [3.63, 3.8) is 0 Å². The van der Waals surface area contributed by atoms with E-state index < -0.39 is 11.6 Å². The zero-order chi connectivity index (χ0) is 16.2. The van der Waals surface area contributed by atoms with Crippen molar-refractivity contribution in [1.29, 1.82) is 0 Å². The number of nitrogens with zero attached hydrogens (tertiary/aromatic N) is 1. The minimum atomic E-state index is -1.28. The van der Waals surface area contributed by atoms with Crippen LogP contribution in [0.4, 0.5) is 0 Å². The molecular formula is C16H17NO4S. The number of hydrogen-bond donors (Lipinski definition) is 1. The molecule has 2 aromatic rings. The van der Waals surface area contributed by atoms with Gasteiger partial charge >= 0.3 is 5.97 Å². The van der Waals surface area contributed by atoms with Gasteiger partial charge in [-0.05, 0) is 49.6 Å². The average Bonchev–Trinajstić information content (AvgIpc) is 2.99. The molecule has 6 heteroatoms. The topological polar surface area (TPSA) is 68.1 Å². The van der Waals surface area contributed by atoms with E-state index in [0.29, 0.717) is 5.75 Å². The second-order valence-corrected chi connectivity index (χ2v) is 5.99. The van der Waals surface area contributed by atoms with E-state index in [1.807, 2.05) is 29.6 Å². The highest BCUT2D eigenvalue weighted by Crippen LogP contribution is 2.22. The number of carbonyl (C=O) groups is 1. The Labute approximate surface area is 132 Å². The molecular weight excluding hydrogens is 302 g/mol. The monoisotopic (exact) mass is 319 g/mol. The van der Waals surface area contributed by atoms with E-state index in [1.54, 1.807) is 23.5 Å². The average molecular weight is 319 g/mol. The molecule has 0 atom stereocenters. The van der Waals surface area contributed by atoms with Crippen LogP contribution in [0.3, 0.4) is 0 Å². The maximum Gasteiger partial charge on any atom is 0.347 e. The normalized spacial score (nSPS) is 12.0. The van der Waals surface area contributed by atoms with E-state index in [4.69, 9.17) is 14.7 Å². The summed E-state index contributed by atoms with van der Waals surface area (Å²) in [5, 5.41) is 15.1. The summed E-state index contributed by atoms with van der Waals surface area (Å²) in [6.45, 7) is 3.01. The van der Waals surface area contributed by atoms with Gasteiger partial charge in [0.05, 0.1) is 4.88 Å². The fourth-order valence-corrected chi connectivity index (χ4v) is 2.49. The zero-order valence-corrected chi connectivity index (χ0v) is 13.4. The smallest absolute Gasteiger partial charge is 0.347 e. The van der Waals surface area contributed by atoms with Crippen molar-refractivity contribution in [2.75, 3.05) is 7.11 Å². The summed E-state index contributed by atoms with van der Waals surface area (Å²) < 4.78 is 5.48. The van der Waals surface area contributed by atoms with Crippen LogP contribution in [-0.2, 0) is 9.63 Å². The van der Waals surface area contributed by atoms with Crippen molar-refractivity contribution in [3.8, 4) is 5.75 Å². The van der Waals surface area contributed by atoms with Crippen LogP contribution < -0.4 is 4.74 Å². The van der Waals surface area contributed by atoms with Crippen molar-refractivity contribution in [2.24, 2.45) is 5.16 Å². The first-order valence-corrected chi connectivity index (χ1v) is 7.50. The Kier molecular flexibility index (Phi) is 4.82. The highest BCUT2D eigenvalue weighted by Gasteiger charge is 2.29. The second-order valence-electron chi connectivity index (χ2n) is 5.04. The number of ether oxygens (including phenoxy) is 1. The van der Waals surface area contributed by atoms with Crippen LogP contribution in [0.15, 0.2) is 46.9 Å². The van der Waals surface area contributed by atoms with E-state index >= 15 is 0 Å². The molecule has 0 amide bonds. The first kappa shape index (κ1) is 16.0. The lowest BCUT2D eigenvalue weighted by Gasteiger charge is -2.21. The minimum Gasteiger partial charge on any atom is -0.478 e. The number of carboxylic acid groups (broad SMARTS) is 1. The number of carboxylic acids is 1. The molecule has 1 aromatic carbocycles. The van der Waals surface area contributed by atoms with Gasteiger partial charge in [0, 0.05) is 5.56 Å². The first-order chi connectivity index (χ1) is 10.4. The molecule has 22 heavy (non-hydrogen) atoms. The molecule has 116 valence electrons. The summed E-state index contributed by atoms with van der Waals surface area (Å²) in [7, 11) is 1.50. The van der Waals surface area contributed by atoms with E-state index in [-0.39, 0.29) is 0 Å². The van der Waals surface area contributed by atoms with E-state index in [9.17, 15) is 4.79 Å². The van der Waals surface area contributed by atoms with Crippen LogP contribution in [0.25, 0.3) is 0 Å². The minimum absolute atomic E-state index is 0.485. The Balaban J connectivity index is 2.24. The lowest BCUT2D eigenvalue weighted by Crippen LogP contribution is -2.37. The summed E-state index contributed by atoms with van der Waals surface area (Å²) in [6, 6.07) is 11.0. The lowest BCUT2D eigenvalue weighted by molar-refractivity contribution is -0.152. The third-order valence-electron chi connectivity index (χ3n) is 2.95. The first-order valence-electron chi connectivity index (χ1n) is 6.62. The molecule has 0 unspecified atom stereocenters. The number of thiophene rings is 1. The third-order valence-corrected chi connectivity index (χ3v) is 3.83. The third kappa shape index (κ3) is 3.65. The number of oxime groups is 1. The second kappa shape index (κ2) is 6.62. The Morgan fingerprint density at radius 2 is 1.91 bits per heavy atom. The standard InChI is InChI=1S/C16H17NO4S/c1-16(2,15(18)19)21-12-8-6-11(7-9-12)14(17-20-3)13-5-4-10-22-13/h4-10H,1-3H3,(H,18,19)/b17-14+. The molecule has 0 aliphatic carbocycles. The van der Waals surface area contributed by atoms with Gasteiger partial charge in [0.15, 0.2) is 5.60 Å². The molecule has 1 heterocycles. The number of rotatable bonds is 6. The van der Waals surface area contributed by atoms with E-state index in [0.717, 1.165) is 16.2 Å². The zero-order valence-electron chi connectivity index (χ0n) is 12.6. The predicted octanol–water partition coefficient (Wildman–Crippen LogP) is 3.39. The van der Waals surface area contributed by atoms with Gasteiger partial charge < -0.3 is 14.7 Å². The van der Waals surface area contributed by atoms with Crippen molar-refractivity contribution in [2.45, 2.75) is 19.4 Å². The fraction of sp³-hybridized carbons (Fsp3) is 0.250. The quantitative estimate of drug-likeness (QED) is 0.654. The van der Waals surface area contributed by atoms with Gasteiger partial charge in [-0.1, -0.05) is 11.2 Å². The Hall–Kier alpha value is -2.34. The molecule has 0 spiro atoms. The van der Waals surface area contributed by atoms with E-state index in [2.05, 4.69) is 5.16 Å². The molecule has 0 fully saturated rings. The highest BCUT2D eigenvalue weighted by molar-refractivity contribution is 7.12. The molecule has 0 radical (unpaired) electrons. The summed E-state index contributed by atoms with van der Waals surface area (Å²) in [5.74, 6) is -0.532. The summed E-state index contributed by atoms with van der Waals surface area (Å²) >= 11 is 1.56. The highest BCUT2D eigenvalue weighted by atomic mass is 32.1. The summed E-state index contributed by atoms with van der Waals surface area (Å²) in [5.41, 5.74) is 0.310. The number of hydrogen-bond acceptors (Lipinski definition) is 5. The molecule has 0 saturated heterocycles. The van der Waals surface area contributed by atoms with Crippen molar-refractivity contribution < 1.29 is 19.5 Å². The molecule has 5 nitrogen and oxygen atoms in total. The van der Waals surface area contributed by atoms with Gasteiger partial charge in [0.1, 0.15) is 18.6 Å². The predicted molar refractivity (Wildman–Crippen MR) is 85.8 cm³/mol. The Morgan fingerprint density at radius 1 is 1.23 bits per heavy atom. The number of benzene rings is 1. The largest absolute Gasteiger partial charge is 0.478 e. The fourth-order valence-electron chi connectivity index (χ4n) is 1.76. The van der Waals surface area contributed by atoms with Crippen molar-refractivity contribution in [1.82, 2.24) is 0 Å². The SMILES string of the molecule is CO/N=C(\c1ccc(OC(C)(C)C(=O)O)cc1)c1cccs1. The van der Waals surface area contributed by atoms with Crippen LogP contribution in [0, 0.1) is 0 Å². The maximum absolute atomic E-state index is 11.1. The molecule has 2 rings (SSSR count). The van der Waals surface area contributed by atoms with Crippen molar-refractivity contribution in [3.05, 3.63) is 52.2 Å². The summed E-state index contributed by atoms with van der Waals surface area (Å²) in [6.07, 6.45) is 0. The van der Waals surface area contributed by atoms with Crippen LogP contribution in [0.2, 0.25) is 0 Å². The molecule has 1 N–H and O–H groups in total. The van der Waals surface area contributed by atoms with Gasteiger partial charge in [-0.15, -0.1) is 11.3 Å². The maximum atomic E-state index is 11.1. The molecule has 0 saturated carbocycles. The molecule has 0 aliphatic heterocycles. The van der Waals surface area contributed by atoms with Gasteiger partial charge in [-0.3, -0.25) is 0 Å². The summed E-state index contributed by atoms with van der Waals surface area (Å²) in [4.78, 5) is 17.0.